The van der Waals surface area contributed by atoms with Gasteiger partial charge >= 0.3 is 0 Å². The van der Waals surface area contributed by atoms with Gasteiger partial charge in [-0.25, -0.2) is 5.01 Å². The monoisotopic (exact) mass is 329 g/mol. The van der Waals surface area contributed by atoms with E-state index in [2.05, 4.69) is 17.2 Å². The van der Waals surface area contributed by atoms with Gasteiger partial charge in [0.2, 0.25) is 5.91 Å². The third-order valence-corrected chi connectivity index (χ3v) is 4.28. The van der Waals surface area contributed by atoms with E-state index in [9.17, 15) is 4.79 Å². The maximum atomic E-state index is 12.3. The Bertz CT molecular complexity index is 674. The summed E-state index contributed by atoms with van der Waals surface area (Å²) < 4.78 is 0. The highest BCUT2D eigenvalue weighted by atomic mass is 35.5. The van der Waals surface area contributed by atoms with Crippen molar-refractivity contribution in [2.75, 3.05) is 10.3 Å². The number of hydrogen-bond donors (Lipinski definition) is 1. The second-order valence-electron chi connectivity index (χ2n) is 5.80. The number of hydrogen-bond acceptors (Lipinski definition) is 3. The van der Waals surface area contributed by atoms with Crippen LogP contribution >= 0.6 is 11.6 Å². The van der Waals surface area contributed by atoms with E-state index in [1.165, 1.54) is 0 Å². The topological polar surface area (TPSA) is 35.6 Å². The van der Waals surface area contributed by atoms with Crippen LogP contribution in [0.25, 0.3) is 0 Å². The second kappa shape index (κ2) is 6.50. The molecule has 0 radical (unpaired) electrons. The van der Waals surface area contributed by atoms with E-state index in [1.54, 1.807) is 11.9 Å². The zero-order valence-electron chi connectivity index (χ0n) is 13.2. The Labute approximate surface area is 141 Å². The smallest absolute Gasteiger partial charge is 0.239 e. The molecule has 0 aliphatic carbocycles. The summed E-state index contributed by atoms with van der Waals surface area (Å²) in [4.78, 5) is 12.3. The van der Waals surface area contributed by atoms with Crippen LogP contribution in [0.2, 0.25) is 5.02 Å². The molecule has 1 aliphatic rings. The lowest BCUT2D eigenvalue weighted by molar-refractivity contribution is -0.129. The van der Waals surface area contributed by atoms with Gasteiger partial charge in [-0.05, 0) is 43.3 Å². The summed E-state index contributed by atoms with van der Waals surface area (Å²) in [5, 5.41) is 8.00. The summed E-state index contributed by atoms with van der Waals surface area (Å²) >= 11 is 5.93. The number of amides is 1. The minimum atomic E-state index is -0.0797. The van der Waals surface area contributed by atoms with Crippen molar-refractivity contribution in [1.29, 1.82) is 0 Å². The van der Waals surface area contributed by atoms with Crippen LogP contribution < -0.4 is 10.3 Å². The van der Waals surface area contributed by atoms with E-state index in [1.807, 2.05) is 54.6 Å². The van der Waals surface area contributed by atoms with Crippen LogP contribution in [0, 0.1) is 0 Å². The molecule has 1 N–H and O–H groups in total. The first-order chi connectivity index (χ1) is 11.1. The van der Waals surface area contributed by atoms with Crippen molar-refractivity contribution in [1.82, 2.24) is 5.01 Å². The number of nitrogens with zero attached hydrogens (tertiary/aromatic N) is 2. The highest BCUT2D eigenvalue weighted by Gasteiger charge is 2.38. The number of rotatable bonds is 3. The molecule has 1 aliphatic heterocycles. The standard InChI is InChI=1S/C18H20ClN3O/c1-13-12-18(20-16-10-8-15(19)9-11-16)22(14(2)23)21(13)17-6-4-3-5-7-17/h3-11,13,18,20H,12H2,1-2H3. The van der Waals surface area contributed by atoms with Crippen molar-refractivity contribution in [2.24, 2.45) is 0 Å². The lowest BCUT2D eigenvalue weighted by Crippen LogP contribution is -2.48. The van der Waals surface area contributed by atoms with Crippen LogP contribution in [0.1, 0.15) is 20.3 Å². The molecule has 1 saturated heterocycles. The third-order valence-electron chi connectivity index (χ3n) is 4.03. The minimum absolute atomic E-state index is 0.0182. The van der Waals surface area contributed by atoms with Gasteiger partial charge in [-0.1, -0.05) is 29.8 Å². The van der Waals surface area contributed by atoms with Gasteiger partial charge in [0.25, 0.3) is 0 Å². The molecule has 23 heavy (non-hydrogen) atoms. The Morgan fingerprint density at radius 3 is 2.39 bits per heavy atom. The summed E-state index contributed by atoms with van der Waals surface area (Å²) in [6.45, 7) is 3.73. The molecule has 4 nitrogen and oxygen atoms in total. The summed E-state index contributed by atoms with van der Waals surface area (Å²) in [5.74, 6) is 0.0182. The molecule has 2 aromatic rings. The number of nitrogens with one attached hydrogen (secondary N) is 1. The highest BCUT2D eigenvalue weighted by Crippen LogP contribution is 2.31. The molecular weight excluding hydrogens is 310 g/mol. The minimum Gasteiger partial charge on any atom is -0.364 e. The van der Waals surface area contributed by atoms with Gasteiger partial charge in [-0.15, -0.1) is 0 Å². The predicted octanol–water partition coefficient (Wildman–Crippen LogP) is 4.14. The van der Waals surface area contributed by atoms with Crippen molar-refractivity contribution in [3.8, 4) is 0 Å². The fraction of sp³-hybridized carbons (Fsp3) is 0.278. The summed E-state index contributed by atoms with van der Waals surface area (Å²) in [5.41, 5.74) is 1.98. The first-order valence-corrected chi connectivity index (χ1v) is 8.10. The van der Waals surface area contributed by atoms with Crippen molar-refractivity contribution >= 4 is 28.9 Å². The average molecular weight is 330 g/mol. The Balaban J connectivity index is 1.86. The lowest BCUT2D eigenvalue weighted by atomic mass is 10.2. The van der Waals surface area contributed by atoms with Gasteiger partial charge in [-0.2, -0.15) is 0 Å². The molecule has 1 amide bonds. The molecule has 120 valence electrons. The second-order valence-corrected chi connectivity index (χ2v) is 6.23. The number of benzene rings is 2. The van der Waals surface area contributed by atoms with Crippen LogP contribution in [-0.4, -0.2) is 23.1 Å². The van der Waals surface area contributed by atoms with Crippen LogP contribution in [0.4, 0.5) is 11.4 Å². The van der Waals surface area contributed by atoms with Crippen LogP contribution in [-0.2, 0) is 4.79 Å². The Hall–Kier alpha value is -2.20. The fourth-order valence-electron chi connectivity index (χ4n) is 3.07. The van der Waals surface area contributed by atoms with Crippen LogP contribution in [0.5, 0.6) is 0 Å². The van der Waals surface area contributed by atoms with E-state index >= 15 is 0 Å². The van der Waals surface area contributed by atoms with Gasteiger partial charge < -0.3 is 5.32 Å². The molecule has 2 atom stereocenters. The fourth-order valence-corrected chi connectivity index (χ4v) is 3.20. The first kappa shape index (κ1) is 15.7. The molecule has 2 aromatic carbocycles. The maximum Gasteiger partial charge on any atom is 0.239 e. The van der Waals surface area contributed by atoms with Crippen molar-refractivity contribution in [3.63, 3.8) is 0 Å². The van der Waals surface area contributed by atoms with Crippen LogP contribution in [0.3, 0.4) is 0 Å². The van der Waals surface area contributed by atoms with Crippen molar-refractivity contribution in [3.05, 3.63) is 59.6 Å². The lowest BCUT2D eigenvalue weighted by Gasteiger charge is -2.35. The third kappa shape index (κ3) is 3.27. The largest absolute Gasteiger partial charge is 0.364 e. The molecule has 0 bridgehead atoms. The number of anilines is 2. The molecule has 1 heterocycles. The number of carbonyl (C=O) groups is 1. The molecule has 3 rings (SSSR count). The zero-order valence-corrected chi connectivity index (χ0v) is 14.0. The van der Waals surface area contributed by atoms with Gasteiger partial charge in [0, 0.05) is 24.1 Å². The normalized spacial score (nSPS) is 20.7. The highest BCUT2D eigenvalue weighted by molar-refractivity contribution is 6.30. The molecular formula is C18H20ClN3O. The van der Waals surface area contributed by atoms with E-state index in [0.29, 0.717) is 5.02 Å². The maximum absolute atomic E-state index is 12.3. The average Bonchev–Trinajstić information content (AvgIpc) is 2.87. The van der Waals surface area contributed by atoms with E-state index < -0.39 is 0 Å². The van der Waals surface area contributed by atoms with Gasteiger partial charge in [0.1, 0.15) is 6.17 Å². The van der Waals surface area contributed by atoms with Gasteiger partial charge in [-0.3, -0.25) is 9.80 Å². The van der Waals surface area contributed by atoms with Gasteiger partial charge in [0.15, 0.2) is 0 Å². The number of hydrazine groups is 1. The Morgan fingerprint density at radius 1 is 1.13 bits per heavy atom. The van der Waals surface area contributed by atoms with Crippen molar-refractivity contribution in [2.45, 2.75) is 32.5 Å². The molecule has 0 aromatic heterocycles. The number of halogens is 1. The van der Waals surface area contributed by atoms with Crippen molar-refractivity contribution < 1.29 is 4.79 Å². The Morgan fingerprint density at radius 2 is 1.78 bits per heavy atom. The zero-order chi connectivity index (χ0) is 16.4. The molecule has 2 unspecified atom stereocenters. The quantitative estimate of drug-likeness (QED) is 0.919. The van der Waals surface area contributed by atoms with E-state index in [-0.39, 0.29) is 18.1 Å². The number of para-hydroxylation sites is 1. The van der Waals surface area contributed by atoms with E-state index in [4.69, 9.17) is 11.6 Å². The summed E-state index contributed by atoms with van der Waals surface area (Å²) in [6, 6.07) is 17.8. The SMILES string of the molecule is CC(=O)N1C(Nc2ccc(Cl)cc2)CC(C)N1c1ccccc1. The van der Waals surface area contributed by atoms with E-state index in [0.717, 1.165) is 17.8 Å². The Kier molecular flexibility index (Phi) is 4.44. The summed E-state index contributed by atoms with van der Waals surface area (Å²) in [7, 11) is 0. The number of carbonyl (C=O) groups excluding carboxylic acids is 1. The first-order valence-electron chi connectivity index (χ1n) is 7.72. The van der Waals surface area contributed by atoms with Crippen LogP contribution in [0.15, 0.2) is 54.6 Å². The molecule has 0 saturated carbocycles. The summed E-state index contributed by atoms with van der Waals surface area (Å²) in [6.07, 6.45) is 0.765. The molecule has 5 heteroatoms. The molecule has 0 spiro atoms. The van der Waals surface area contributed by atoms with Gasteiger partial charge in [0.05, 0.1) is 11.7 Å². The predicted molar refractivity (Wildman–Crippen MR) is 94.4 cm³/mol. The molecule has 1 fully saturated rings.